The van der Waals surface area contributed by atoms with Crippen molar-refractivity contribution in [3.63, 3.8) is 0 Å². The largest absolute Gasteiger partial charge is 0.453 e. The predicted octanol–water partition coefficient (Wildman–Crippen LogP) is 1.90. The average molecular weight is 247 g/mol. The lowest BCUT2D eigenvalue weighted by Gasteiger charge is -1.98. The van der Waals surface area contributed by atoms with Gasteiger partial charge < -0.3 is 14.6 Å². The van der Waals surface area contributed by atoms with Crippen LogP contribution in [0.2, 0.25) is 0 Å². The molecule has 1 aromatic heterocycles. The maximum atomic E-state index is 10.9. The summed E-state index contributed by atoms with van der Waals surface area (Å²) in [7, 11) is 1.29. The molecule has 0 aliphatic heterocycles. The Labute approximate surface area is 104 Å². The fraction of sp³-hybridized carbons (Fsp3) is 0.250. The second kappa shape index (κ2) is 5.31. The number of carbonyl (C=O) groups excluding carboxylic acids is 1. The highest BCUT2D eigenvalue weighted by atomic mass is 16.5. The molecule has 0 fully saturated rings. The minimum Gasteiger partial charge on any atom is -0.453 e. The number of rotatable bonds is 3. The first kappa shape index (κ1) is 12.1. The molecule has 0 unspecified atom stereocenters. The van der Waals surface area contributed by atoms with Crippen molar-refractivity contribution in [2.24, 2.45) is 0 Å². The molecule has 1 N–H and O–H groups in total. The average Bonchev–Trinajstić information content (AvgIpc) is 2.84. The van der Waals surface area contributed by atoms with Crippen molar-refractivity contribution >= 4 is 6.09 Å². The molecule has 1 aromatic carbocycles. The van der Waals surface area contributed by atoms with Gasteiger partial charge in [-0.25, -0.2) is 4.79 Å². The van der Waals surface area contributed by atoms with Crippen LogP contribution in [0.5, 0.6) is 0 Å². The maximum Gasteiger partial charge on any atom is 0.407 e. The van der Waals surface area contributed by atoms with Gasteiger partial charge in [0.25, 0.3) is 0 Å². The van der Waals surface area contributed by atoms with Crippen molar-refractivity contribution in [3.8, 4) is 11.4 Å². The zero-order valence-corrected chi connectivity index (χ0v) is 10.1. The quantitative estimate of drug-likeness (QED) is 0.896. The Morgan fingerprint density at radius 3 is 3.06 bits per heavy atom. The lowest BCUT2D eigenvalue weighted by Crippen LogP contribution is -2.22. The molecule has 94 valence electrons. The van der Waals surface area contributed by atoms with Gasteiger partial charge in [0.2, 0.25) is 11.7 Å². The summed E-state index contributed by atoms with van der Waals surface area (Å²) in [5.74, 6) is 0.831. The zero-order chi connectivity index (χ0) is 13.0. The van der Waals surface area contributed by atoms with E-state index in [1.165, 1.54) is 7.11 Å². The van der Waals surface area contributed by atoms with E-state index in [4.69, 9.17) is 4.52 Å². The number of nitrogens with zero attached hydrogens (tertiary/aromatic N) is 2. The Morgan fingerprint density at radius 2 is 2.33 bits per heavy atom. The third kappa shape index (κ3) is 2.85. The maximum absolute atomic E-state index is 10.9. The molecule has 6 heteroatoms. The number of alkyl carbamates (subject to hydrolysis) is 1. The van der Waals surface area contributed by atoms with E-state index in [9.17, 15) is 4.79 Å². The van der Waals surface area contributed by atoms with Gasteiger partial charge in [-0.15, -0.1) is 0 Å². The standard InChI is InChI=1S/C12H13N3O3/c1-8-4-3-5-9(6-8)11-14-10(18-15-11)7-13-12(16)17-2/h3-6H,7H2,1-2H3,(H,13,16). The Bertz CT molecular complexity index is 551. The Morgan fingerprint density at radius 1 is 1.50 bits per heavy atom. The third-order valence-corrected chi connectivity index (χ3v) is 2.31. The molecular weight excluding hydrogens is 234 g/mol. The Kier molecular flexibility index (Phi) is 3.57. The zero-order valence-electron chi connectivity index (χ0n) is 10.1. The van der Waals surface area contributed by atoms with Crippen LogP contribution < -0.4 is 5.32 Å². The van der Waals surface area contributed by atoms with E-state index in [-0.39, 0.29) is 6.54 Å². The number of aromatic nitrogens is 2. The minimum atomic E-state index is -0.537. The number of nitrogens with one attached hydrogen (secondary N) is 1. The van der Waals surface area contributed by atoms with Gasteiger partial charge in [0.1, 0.15) is 6.54 Å². The number of hydrogen-bond donors (Lipinski definition) is 1. The molecule has 0 atom stereocenters. The van der Waals surface area contributed by atoms with Crippen LogP contribution in [0, 0.1) is 6.92 Å². The summed E-state index contributed by atoms with van der Waals surface area (Å²) in [6.07, 6.45) is -0.537. The molecule has 0 saturated carbocycles. The van der Waals surface area contributed by atoms with Gasteiger partial charge >= 0.3 is 6.09 Å². The van der Waals surface area contributed by atoms with Crippen molar-refractivity contribution in [1.29, 1.82) is 0 Å². The summed E-state index contributed by atoms with van der Waals surface area (Å²) in [4.78, 5) is 15.1. The van der Waals surface area contributed by atoms with Crippen molar-refractivity contribution in [2.75, 3.05) is 7.11 Å². The van der Waals surface area contributed by atoms with Gasteiger partial charge in [-0.05, 0) is 13.0 Å². The SMILES string of the molecule is COC(=O)NCc1nc(-c2cccc(C)c2)no1. The van der Waals surface area contributed by atoms with Gasteiger partial charge in [-0.3, -0.25) is 0 Å². The third-order valence-electron chi connectivity index (χ3n) is 2.31. The second-order valence-electron chi connectivity index (χ2n) is 3.73. The number of hydrogen-bond acceptors (Lipinski definition) is 5. The first-order valence-electron chi connectivity index (χ1n) is 5.40. The van der Waals surface area contributed by atoms with E-state index in [2.05, 4.69) is 20.2 Å². The summed E-state index contributed by atoms with van der Waals surface area (Å²) in [5, 5.41) is 6.32. The van der Waals surface area contributed by atoms with E-state index >= 15 is 0 Å². The van der Waals surface area contributed by atoms with Crippen LogP contribution in [0.3, 0.4) is 0 Å². The lowest BCUT2D eigenvalue weighted by molar-refractivity contribution is 0.169. The topological polar surface area (TPSA) is 77.2 Å². The molecule has 0 aliphatic carbocycles. The second-order valence-corrected chi connectivity index (χ2v) is 3.73. The first-order chi connectivity index (χ1) is 8.69. The summed E-state index contributed by atoms with van der Waals surface area (Å²) < 4.78 is 9.46. The Balaban J connectivity index is 2.08. The molecule has 2 aromatic rings. The van der Waals surface area contributed by atoms with Crippen LogP contribution in [0.25, 0.3) is 11.4 Å². The summed E-state index contributed by atoms with van der Waals surface area (Å²) in [5.41, 5.74) is 2.00. The molecule has 1 heterocycles. The fourth-order valence-corrected chi connectivity index (χ4v) is 1.45. The molecule has 0 aliphatic rings. The molecule has 6 nitrogen and oxygen atoms in total. The van der Waals surface area contributed by atoms with Gasteiger partial charge in [0.15, 0.2) is 0 Å². The van der Waals surface area contributed by atoms with Crippen molar-refractivity contribution < 1.29 is 14.1 Å². The highest BCUT2D eigenvalue weighted by Gasteiger charge is 2.09. The summed E-state index contributed by atoms with van der Waals surface area (Å²) in [6, 6.07) is 7.77. The van der Waals surface area contributed by atoms with Crippen LogP contribution in [-0.4, -0.2) is 23.3 Å². The van der Waals surface area contributed by atoms with Gasteiger partial charge in [-0.1, -0.05) is 28.9 Å². The van der Waals surface area contributed by atoms with Crippen LogP contribution >= 0.6 is 0 Å². The molecular formula is C12H13N3O3. The monoisotopic (exact) mass is 247 g/mol. The van der Waals surface area contributed by atoms with E-state index in [0.717, 1.165) is 11.1 Å². The van der Waals surface area contributed by atoms with Gasteiger partial charge in [0, 0.05) is 5.56 Å². The number of aryl methyl sites for hydroxylation is 1. The lowest BCUT2D eigenvalue weighted by atomic mass is 10.1. The van der Waals surface area contributed by atoms with E-state index < -0.39 is 6.09 Å². The van der Waals surface area contributed by atoms with Crippen LogP contribution in [-0.2, 0) is 11.3 Å². The minimum absolute atomic E-state index is 0.144. The van der Waals surface area contributed by atoms with Crippen molar-refractivity contribution in [2.45, 2.75) is 13.5 Å². The molecule has 0 spiro atoms. The normalized spacial score (nSPS) is 10.1. The summed E-state index contributed by atoms with van der Waals surface area (Å²) in [6.45, 7) is 2.13. The van der Waals surface area contributed by atoms with Crippen LogP contribution in [0.1, 0.15) is 11.5 Å². The highest BCUT2D eigenvalue weighted by Crippen LogP contribution is 2.16. The Hall–Kier alpha value is -2.37. The number of benzene rings is 1. The number of amides is 1. The molecule has 0 saturated heterocycles. The van der Waals surface area contributed by atoms with E-state index in [0.29, 0.717) is 11.7 Å². The molecule has 0 radical (unpaired) electrons. The van der Waals surface area contributed by atoms with E-state index in [1.54, 1.807) is 0 Å². The van der Waals surface area contributed by atoms with Gasteiger partial charge in [0.05, 0.1) is 7.11 Å². The van der Waals surface area contributed by atoms with Crippen molar-refractivity contribution in [3.05, 3.63) is 35.7 Å². The molecule has 2 rings (SSSR count). The smallest absolute Gasteiger partial charge is 0.407 e. The molecule has 18 heavy (non-hydrogen) atoms. The first-order valence-corrected chi connectivity index (χ1v) is 5.40. The predicted molar refractivity (Wildman–Crippen MR) is 63.7 cm³/mol. The van der Waals surface area contributed by atoms with Crippen LogP contribution in [0.15, 0.2) is 28.8 Å². The van der Waals surface area contributed by atoms with Crippen LogP contribution in [0.4, 0.5) is 4.79 Å². The molecule has 1 amide bonds. The molecule has 0 bridgehead atoms. The number of methoxy groups -OCH3 is 1. The number of ether oxygens (including phenoxy) is 1. The van der Waals surface area contributed by atoms with E-state index in [1.807, 2.05) is 31.2 Å². The highest BCUT2D eigenvalue weighted by molar-refractivity contribution is 5.66. The van der Waals surface area contributed by atoms with Crippen molar-refractivity contribution in [1.82, 2.24) is 15.5 Å². The summed E-state index contributed by atoms with van der Waals surface area (Å²) >= 11 is 0. The number of carbonyl (C=O) groups is 1. The fourth-order valence-electron chi connectivity index (χ4n) is 1.45. The van der Waals surface area contributed by atoms with Gasteiger partial charge in [-0.2, -0.15) is 4.98 Å².